The lowest BCUT2D eigenvalue weighted by atomic mass is 9.88. The van der Waals surface area contributed by atoms with Gasteiger partial charge in [0.25, 0.3) is 0 Å². The largest absolute Gasteiger partial charge is 0.493 e. The summed E-state index contributed by atoms with van der Waals surface area (Å²) < 4.78 is 11.9. The first-order chi connectivity index (χ1) is 12.6. The van der Waals surface area contributed by atoms with E-state index in [1.807, 2.05) is 30.3 Å². The monoisotopic (exact) mass is 434 g/mol. The predicted octanol–water partition coefficient (Wildman–Crippen LogP) is 5.22. The number of thiocarbonyl (C=S) groups is 1. The third-order valence-electron chi connectivity index (χ3n) is 4.85. The van der Waals surface area contributed by atoms with Gasteiger partial charge in [-0.3, -0.25) is 0 Å². The number of hydrogen-bond donors (Lipinski definition) is 2. The van der Waals surface area contributed by atoms with Crippen molar-refractivity contribution in [1.82, 2.24) is 5.32 Å². The Morgan fingerprint density at radius 1 is 1.00 bits per heavy atom. The van der Waals surface area contributed by atoms with Gasteiger partial charge in [-0.05, 0) is 67.0 Å². The molecule has 0 bridgehead atoms. The standard InChI is InChI=1S/C20H23BrN2O2S/c1-24-17-10-5-14(13-18(17)25-2)20(11-3-4-12-20)23-19(26)22-16-8-6-15(21)7-9-16/h5-10,13H,3-4,11-12H2,1-2H3,(H2,22,23,26). The van der Waals surface area contributed by atoms with E-state index in [2.05, 4.69) is 38.7 Å². The molecule has 26 heavy (non-hydrogen) atoms. The van der Waals surface area contributed by atoms with Crippen molar-refractivity contribution in [3.8, 4) is 11.5 Å². The normalized spacial score (nSPS) is 15.3. The van der Waals surface area contributed by atoms with Crippen LogP contribution in [0, 0.1) is 0 Å². The fraction of sp³-hybridized carbons (Fsp3) is 0.350. The third-order valence-corrected chi connectivity index (χ3v) is 5.58. The van der Waals surface area contributed by atoms with Crippen LogP contribution in [0.1, 0.15) is 31.2 Å². The van der Waals surface area contributed by atoms with Gasteiger partial charge >= 0.3 is 0 Å². The highest BCUT2D eigenvalue weighted by molar-refractivity contribution is 9.10. The molecule has 1 saturated carbocycles. The zero-order chi connectivity index (χ0) is 18.6. The minimum absolute atomic E-state index is 0.182. The number of nitrogens with one attached hydrogen (secondary N) is 2. The molecule has 4 nitrogen and oxygen atoms in total. The molecule has 0 atom stereocenters. The molecule has 2 N–H and O–H groups in total. The van der Waals surface area contributed by atoms with Crippen molar-refractivity contribution in [2.24, 2.45) is 0 Å². The minimum atomic E-state index is -0.182. The van der Waals surface area contributed by atoms with Crippen LogP contribution in [0.2, 0.25) is 0 Å². The summed E-state index contributed by atoms with van der Waals surface area (Å²) in [6.45, 7) is 0. The molecule has 0 spiro atoms. The van der Waals surface area contributed by atoms with Gasteiger partial charge in [0.05, 0.1) is 19.8 Å². The molecule has 138 valence electrons. The summed E-state index contributed by atoms with van der Waals surface area (Å²) in [5.74, 6) is 1.48. The number of ether oxygens (including phenoxy) is 2. The second kappa shape index (κ2) is 8.27. The van der Waals surface area contributed by atoms with Crippen molar-refractivity contribution in [1.29, 1.82) is 0 Å². The Balaban J connectivity index is 1.81. The average molecular weight is 435 g/mol. The number of anilines is 1. The third kappa shape index (κ3) is 4.13. The Morgan fingerprint density at radius 2 is 1.65 bits per heavy atom. The van der Waals surface area contributed by atoms with Gasteiger partial charge < -0.3 is 20.1 Å². The van der Waals surface area contributed by atoms with Crippen LogP contribution in [0.3, 0.4) is 0 Å². The smallest absolute Gasteiger partial charge is 0.171 e. The number of rotatable bonds is 5. The van der Waals surface area contributed by atoms with Gasteiger partial charge in [-0.1, -0.05) is 34.8 Å². The van der Waals surface area contributed by atoms with Crippen LogP contribution in [-0.2, 0) is 5.54 Å². The molecule has 1 aliphatic carbocycles. The van der Waals surface area contributed by atoms with E-state index < -0.39 is 0 Å². The number of methoxy groups -OCH3 is 2. The van der Waals surface area contributed by atoms with E-state index in [4.69, 9.17) is 21.7 Å². The molecule has 1 fully saturated rings. The lowest BCUT2D eigenvalue weighted by molar-refractivity contribution is 0.350. The van der Waals surface area contributed by atoms with Crippen molar-refractivity contribution in [3.05, 3.63) is 52.5 Å². The van der Waals surface area contributed by atoms with Crippen molar-refractivity contribution in [2.45, 2.75) is 31.2 Å². The van der Waals surface area contributed by atoms with Crippen LogP contribution in [0.25, 0.3) is 0 Å². The first-order valence-electron chi connectivity index (χ1n) is 8.63. The fourth-order valence-corrected chi connectivity index (χ4v) is 4.09. The summed E-state index contributed by atoms with van der Waals surface area (Å²) in [5, 5.41) is 7.49. The van der Waals surface area contributed by atoms with Crippen LogP contribution < -0.4 is 20.1 Å². The molecule has 6 heteroatoms. The van der Waals surface area contributed by atoms with Gasteiger partial charge in [0.1, 0.15) is 0 Å². The summed E-state index contributed by atoms with van der Waals surface area (Å²) in [6, 6.07) is 14.1. The predicted molar refractivity (Wildman–Crippen MR) is 113 cm³/mol. The second-order valence-electron chi connectivity index (χ2n) is 6.44. The van der Waals surface area contributed by atoms with Gasteiger partial charge in [-0.15, -0.1) is 0 Å². The van der Waals surface area contributed by atoms with E-state index in [0.29, 0.717) is 5.11 Å². The second-order valence-corrected chi connectivity index (χ2v) is 7.77. The Morgan fingerprint density at radius 3 is 2.27 bits per heavy atom. The van der Waals surface area contributed by atoms with Crippen LogP contribution in [-0.4, -0.2) is 19.3 Å². The van der Waals surface area contributed by atoms with Crippen molar-refractivity contribution in [3.63, 3.8) is 0 Å². The molecule has 3 rings (SSSR count). The van der Waals surface area contributed by atoms with E-state index in [1.54, 1.807) is 14.2 Å². The summed E-state index contributed by atoms with van der Waals surface area (Å²) >= 11 is 9.05. The van der Waals surface area contributed by atoms with E-state index in [-0.39, 0.29) is 5.54 Å². The Bertz CT molecular complexity index is 774. The van der Waals surface area contributed by atoms with Gasteiger partial charge in [0.15, 0.2) is 16.6 Å². The zero-order valence-electron chi connectivity index (χ0n) is 15.0. The SMILES string of the molecule is COc1ccc(C2(NC(=S)Nc3ccc(Br)cc3)CCCC2)cc1OC. The first-order valence-corrected chi connectivity index (χ1v) is 9.84. The lowest BCUT2D eigenvalue weighted by Gasteiger charge is -2.33. The van der Waals surface area contributed by atoms with E-state index in [1.165, 1.54) is 18.4 Å². The number of halogens is 1. The maximum Gasteiger partial charge on any atom is 0.171 e. The number of hydrogen-bond acceptors (Lipinski definition) is 3. The fourth-order valence-electron chi connectivity index (χ4n) is 3.51. The molecule has 2 aromatic rings. The summed E-state index contributed by atoms with van der Waals surface area (Å²) in [7, 11) is 3.31. The first kappa shape index (κ1) is 19.0. The van der Waals surface area contributed by atoms with Crippen LogP contribution in [0.5, 0.6) is 11.5 Å². The van der Waals surface area contributed by atoms with Crippen LogP contribution >= 0.6 is 28.1 Å². The van der Waals surface area contributed by atoms with Crippen LogP contribution in [0.15, 0.2) is 46.9 Å². The summed E-state index contributed by atoms with van der Waals surface area (Å²) in [4.78, 5) is 0. The van der Waals surface area contributed by atoms with E-state index >= 15 is 0 Å². The van der Waals surface area contributed by atoms with E-state index in [9.17, 15) is 0 Å². The maximum atomic E-state index is 5.60. The van der Waals surface area contributed by atoms with Crippen molar-refractivity contribution in [2.75, 3.05) is 19.5 Å². The summed E-state index contributed by atoms with van der Waals surface area (Å²) in [6.07, 6.45) is 4.40. The highest BCUT2D eigenvalue weighted by atomic mass is 79.9. The Kier molecular flexibility index (Phi) is 6.04. The molecule has 0 amide bonds. The van der Waals surface area contributed by atoms with Gasteiger partial charge in [0, 0.05) is 10.2 Å². The zero-order valence-corrected chi connectivity index (χ0v) is 17.4. The maximum absolute atomic E-state index is 5.60. The summed E-state index contributed by atoms with van der Waals surface area (Å²) in [5.41, 5.74) is 1.96. The Hall–Kier alpha value is -1.79. The molecular formula is C20H23BrN2O2S. The van der Waals surface area contributed by atoms with Gasteiger partial charge in [0.2, 0.25) is 0 Å². The topological polar surface area (TPSA) is 42.5 Å². The molecule has 0 heterocycles. The van der Waals surface area contributed by atoms with Crippen molar-refractivity contribution >= 4 is 38.9 Å². The highest BCUT2D eigenvalue weighted by Crippen LogP contribution is 2.41. The molecule has 0 radical (unpaired) electrons. The van der Waals surface area contributed by atoms with Gasteiger partial charge in [-0.25, -0.2) is 0 Å². The molecule has 1 aliphatic rings. The molecule has 0 saturated heterocycles. The molecule has 2 aromatic carbocycles. The highest BCUT2D eigenvalue weighted by Gasteiger charge is 2.36. The van der Waals surface area contributed by atoms with Crippen LogP contribution in [0.4, 0.5) is 5.69 Å². The minimum Gasteiger partial charge on any atom is -0.493 e. The van der Waals surface area contributed by atoms with E-state index in [0.717, 1.165) is 34.5 Å². The van der Waals surface area contributed by atoms with Gasteiger partial charge in [-0.2, -0.15) is 0 Å². The average Bonchev–Trinajstić information content (AvgIpc) is 3.12. The quantitative estimate of drug-likeness (QED) is 0.631. The molecule has 0 aromatic heterocycles. The number of benzene rings is 2. The lowest BCUT2D eigenvalue weighted by Crippen LogP contribution is -2.45. The molecule has 0 aliphatic heterocycles. The Labute approximate surface area is 168 Å². The molecular weight excluding hydrogens is 412 g/mol. The van der Waals surface area contributed by atoms with Crippen molar-refractivity contribution < 1.29 is 9.47 Å². The molecule has 0 unspecified atom stereocenters.